The van der Waals surface area contributed by atoms with Crippen molar-refractivity contribution >= 4 is 6.72 Å². The van der Waals surface area contributed by atoms with Crippen molar-refractivity contribution in [2.24, 2.45) is 5.16 Å². The Labute approximate surface area is 124 Å². The second kappa shape index (κ2) is 6.10. The van der Waals surface area contributed by atoms with Crippen molar-refractivity contribution in [1.82, 2.24) is 0 Å². The van der Waals surface area contributed by atoms with E-state index >= 15 is 0 Å². The summed E-state index contributed by atoms with van der Waals surface area (Å²) in [4.78, 5) is 4.99. The van der Waals surface area contributed by atoms with Gasteiger partial charge < -0.3 is 9.57 Å². The fraction of sp³-hybridized carbons (Fsp3) is 0.176. The second-order valence-corrected chi connectivity index (χ2v) is 5.09. The zero-order chi connectivity index (χ0) is 15.3. The van der Waals surface area contributed by atoms with Crippen molar-refractivity contribution < 1.29 is 9.57 Å². The molecular formula is C17H16N2O2. The molecule has 0 saturated carbocycles. The maximum Gasteiger partial charge on any atom is 0.292 e. The topological polar surface area (TPSA) is 54.6 Å². The number of nitrogens with zero attached hydrogens (tertiary/aromatic N) is 2. The van der Waals surface area contributed by atoms with E-state index < -0.39 is 0 Å². The molecule has 4 nitrogen and oxygen atoms in total. The lowest BCUT2D eigenvalue weighted by atomic mass is 9.78. The molecule has 0 atom stereocenters. The van der Waals surface area contributed by atoms with Gasteiger partial charge >= 0.3 is 0 Å². The third-order valence-electron chi connectivity index (χ3n) is 3.49. The Hall–Kier alpha value is -2.80. The summed E-state index contributed by atoms with van der Waals surface area (Å²) in [6, 6.07) is 15.2. The van der Waals surface area contributed by atoms with Crippen LogP contribution in [-0.2, 0) is 5.41 Å². The highest BCUT2D eigenvalue weighted by molar-refractivity contribution is 5.42. The Morgan fingerprint density at radius 3 is 1.86 bits per heavy atom. The van der Waals surface area contributed by atoms with E-state index in [0.29, 0.717) is 11.5 Å². The maximum absolute atomic E-state index is 8.50. The molecule has 0 aliphatic rings. The van der Waals surface area contributed by atoms with Crippen molar-refractivity contribution in [1.29, 1.82) is 5.26 Å². The lowest BCUT2D eigenvalue weighted by Crippen LogP contribution is -2.18. The van der Waals surface area contributed by atoms with Crippen molar-refractivity contribution in [3.8, 4) is 17.8 Å². The van der Waals surface area contributed by atoms with Crippen molar-refractivity contribution in [3.05, 3.63) is 59.7 Å². The third kappa shape index (κ3) is 3.21. The van der Waals surface area contributed by atoms with Gasteiger partial charge in [0.05, 0.1) is 0 Å². The van der Waals surface area contributed by atoms with Gasteiger partial charge in [-0.25, -0.2) is 0 Å². The minimum absolute atomic E-state index is 0.175. The minimum Gasteiger partial charge on any atom is -0.388 e. The third-order valence-corrected chi connectivity index (χ3v) is 3.49. The van der Waals surface area contributed by atoms with Crippen LogP contribution >= 0.6 is 0 Å². The molecule has 2 aromatic carbocycles. The van der Waals surface area contributed by atoms with E-state index in [4.69, 9.17) is 14.8 Å². The van der Waals surface area contributed by atoms with Crippen molar-refractivity contribution in [3.63, 3.8) is 0 Å². The molecule has 21 heavy (non-hydrogen) atoms. The smallest absolute Gasteiger partial charge is 0.292 e. The van der Waals surface area contributed by atoms with Gasteiger partial charge in [-0.1, -0.05) is 43.3 Å². The van der Waals surface area contributed by atoms with Crippen molar-refractivity contribution in [2.45, 2.75) is 19.3 Å². The molecule has 0 bridgehead atoms. The molecule has 0 amide bonds. The van der Waals surface area contributed by atoms with Crippen LogP contribution in [0, 0.1) is 11.5 Å². The first-order chi connectivity index (χ1) is 10.1. The highest BCUT2D eigenvalue weighted by Crippen LogP contribution is 2.33. The van der Waals surface area contributed by atoms with Crippen LogP contribution in [0.4, 0.5) is 0 Å². The van der Waals surface area contributed by atoms with Crippen LogP contribution in [0.5, 0.6) is 11.5 Å². The van der Waals surface area contributed by atoms with Gasteiger partial charge in [0.25, 0.3) is 6.26 Å². The summed E-state index contributed by atoms with van der Waals surface area (Å²) in [5.74, 6) is 1.19. The summed E-state index contributed by atoms with van der Waals surface area (Å²) in [5, 5.41) is 11.9. The molecule has 0 radical (unpaired) electrons. The highest BCUT2D eigenvalue weighted by Gasteiger charge is 2.23. The fourth-order valence-electron chi connectivity index (χ4n) is 2.17. The second-order valence-electron chi connectivity index (χ2n) is 5.09. The van der Waals surface area contributed by atoms with Crippen LogP contribution in [0.15, 0.2) is 53.7 Å². The molecule has 0 aliphatic carbocycles. The fourth-order valence-corrected chi connectivity index (χ4v) is 2.17. The Morgan fingerprint density at radius 1 is 0.952 bits per heavy atom. The summed E-state index contributed by atoms with van der Waals surface area (Å²) in [6.07, 6.45) is 1.66. The monoisotopic (exact) mass is 280 g/mol. The lowest BCUT2D eigenvalue weighted by Gasteiger charge is -2.26. The molecule has 0 saturated heterocycles. The van der Waals surface area contributed by atoms with E-state index in [2.05, 4.69) is 25.7 Å². The number of ether oxygens (including phenoxy) is 1. The predicted octanol–water partition coefficient (Wildman–Crippen LogP) is 3.87. The van der Waals surface area contributed by atoms with Crippen molar-refractivity contribution in [2.75, 3.05) is 0 Å². The molecule has 0 N–H and O–H groups in total. The molecule has 4 heteroatoms. The van der Waals surface area contributed by atoms with Gasteiger partial charge in [0.1, 0.15) is 5.75 Å². The van der Waals surface area contributed by atoms with E-state index in [1.165, 1.54) is 0 Å². The average molecular weight is 280 g/mol. The summed E-state index contributed by atoms with van der Waals surface area (Å²) in [6.45, 7) is 7.56. The lowest BCUT2D eigenvalue weighted by molar-refractivity contribution is 0.345. The molecule has 2 aromatic rings. The number of benzene rings is 2. The zero-order valence-electron chi connectivity index (χ0n) is 12.0. The van der Waals surface area contributed by atoms with Gasteiger partial charge in [0, 0.05) is 12.1 Å². The Morgan fingerprint density at radius 2 is 1.43 bits per heavy atom. The largest absolute Gasteiger partial charge is 0.388 e. The number of nitriles is 1. The Balaban J connectivity index is 2.27. The first-order valence-corrected chi connectivity index (χ1v) is 6.48. The van der Waals surface area contributed by atoms with Gasteiger partial charge in [-0.2, -0.15) is 0 Å². The number of hydrogen-bond acceptors (Lipinski definition) is 4. The first-order valence-electron chi connectivity index (χ1n) is 6.48. The first kappa shape index (κ1) is 14.6. The summed E-state index contributed by atoms with van der Waals surface area (Å²) < 4.78 is 4.79. The molecule has 0 aliphatic heterocycles. The molecule has 0 fully saturated rings. The molecule has 2 rings (SSSR count). The van der Waals surface area contributed by atoms with E-state index in [1.54, 1.807) is 18.4 Å². The average Bonchev–Trinajstić information content (AvgIpc) is 2.49. The van der Waals surface area contributed by atoms with Gasteiger partial charge in [0.15, 0.2) is 5.75 Å². The predicted molar refractivity (Wildman–Crippen MR) is 81.4 cm³/mol. The van der Waals surface area contributed by atoms with E-state index in [0.717, 1.165) is 11.1 Å². The van der Waals surface area contributed by atoms with Crippen LogP contribution in [0.3, 0.4) is 0 Å². The minimum atomic E-state index is -0.175. The van der Waals surface area contributed by atoms with Gasteiger partial charge in [0.2, 0.25) is 0 Å². The van der Waals surface area contributed by atoms with Crippen LogP contribution < -0.4 is 9.57 Å². The number of rotatable bonds is 5. The summed E-state index contributed by atoms with van der Waals surface area (Å²) >= 11 is 0. The normalized spacial score (nSPS) is 10.5. The summed E-state index contributed by atoms with van der Waals surface area (Å²) in [5.41, 5.74) is 2.10. The highest BCUT2D eigenvalue weighted by atomic mass is 16.6. The van der Waals surface area contributed by atoms with Crippen LogP contribution in [0.1, 0.15) is 25.0 Å². The van der Waals surface area contributed by atoms with E-state index in [-0.39, 0.29) is 5.41 Å². The van der Waals surface area contributed by atoms with Gasteiger partial charge in [-0.05, 0) is 35.4 Å². The molecule has 0 heterocycles. The van der Waals surface area contributed by atoms with Gasteiger partial charge in [-0.3, -0.25) is 0 Å². The molecule has 0 unspecified atom stereocenters. The van der Waals surface area contributed by atoms with Crippen LogP contribution in [-0.4, -0.2) is 6.72 Å². The molecule has 0 aromatic heterocycles. The quantitative estimate of drug-likeness (QED) is 0.474. The summed E-state index contributed by atoms with van der Waals surface area (Å²) in [7, 11) is 0. The molecular weight excluding hydrogens is 264 g/mol. The number of oxime groups is 1. The molecule has 106 valence electrons. The molecule has 0 spiro atoms. The standard InChI is InChI=1S/C17H16N2O2/c1-17(2,13-4-8-15(9-5-13)20-12-18)14-6-10-16(11-7-14)21-19-3/h4-11H,3H2,1-2H3. The van der Waals surface area contributed by atoms with Gasteiger partial charge in [-0.15, -0.1) is 5.26 Å². The zero-order valence-corrected chi connectivity index (χ0v) is 12.0. The van der Waals surface area contributed by atoms with E-state index in [1.807, 2.05) is 36.4 Å². The Kier molecular flexibility index (Phi) is 4.24. The SMILES string of the molecule is C=NOc1ccc(C(C)(C)c2ccc(OC#N)cc2)cc1. The van der Waals surface area contributed by atoms with Crippen LogP contribution in [0.25, 0.3) is 0 Å². The van der Waals surface area contributed by atoms with Crippen LogP contribution in [0.2, 0.25) is 0 Å². The number of hydrogen-bond donors (Lipinski definition) is 0. The van der Waals surface area contributed by atoms with E-state index in [9.17, 15) is 0 Å². The maximum atomic E-state index is 8.50. The Bertz CT molecular complexity index is 653.